The second kappa shape index (κ2) is 10.7. The number of hydrogen-bond acceptors (Lipinski definition) is 7. The van der Waals surface area contributed by atoms with Crippen molar-refractivity contribution in [3.8, 4) is 5.88 Å². The van der Waals surface area contributed by atoms with Crippen molar-refractivity contribution in [1.82, 2.24) is 20.5 Å². The Kier molecular flexibility index (Phi) is 7.97. The number of morpholine rings is 1. The lowest BCUT2D eigenvalue weighted by molar-refractivity contribution is -0.00554. The third kappa shape index (κ3) is 6.60. The van der Waals surface area contributed by atoms with Gasteiger partial charge in [0.2, 0.25) is 5.88 Å². The maximum absolute atomic E-state index is 12.2. The van der Waals surface area contributed by atoms with Crippen molar-refractivity contribution in [2.24, 2.45) is 0 Å². The number of nitrogens with zero attached hydrogens (tertiary/aromatic N) is 4. The fourth-order valence-electron chi connectivity index (χ4n) is 3.37. The average molecular weight is 471 g/mol. The van der Waals surface area contributed by atoms with Crippen molar-refractivity contribution in [2.75, 3.05) is 29.9 Å². The van der Waals surface area contributed by atoms with Crippen molar-refractivity contribution in [1.29, 1.82) is 0 Å². The molecular weight excluding hydrogens is 446 g/mol. The molecule has 2 amide bonds. The number of nitrogens with one attached hydrogen (secondary N) is 2. The third-order valence-corrected chi connectivity index (χ3v) is 4.84. The van der Waals surface area contributed by atoms with E-state index in [4.69, 9.17) is 21.1 Å². The van der Waals surface area contributed by atoms with Gasteiger partial charge in [0.15, 0.2) is 12.4 Å². The highest BCUT2D eigenvalue weighted by atomic mass is 35.5. The van der Waals surface area contributed by atoms with Crippen LogP contribution in [0.4, 0.5) is 25.1 Å². The first-order chi connectivity index (χ1) is 15.2. The number of rotatable bonds is 7. The Balaban J connectivity index is 1.53. The molecule has 1 saturated heterocycles. The molecule has 2 aromatic heterocycles. The van der Waals surface area contributed by atoms with E-state index in [1.165, 1.54) is 12.3 Å². The first kappa shape index (κ1) is 23.9. The van der Waals surface area contributed by atoms with E-state index in [2.05, 4.69) is 30.7 Å². The molecular formula is C20H25ClF2N6O3. The van der Waals surface area contributed by atoms with E-state index in [1.54, 1.807) is 0 Å². The summed E-state index contributed by atoms with van der Waals surface area (Å²) in [6.07, 6.45) is -1.16. The Bertz CT molecular complexity index is 942. The molecule has 2 N–H and O–H groups in total. The van der Waals surface area contributed by atoms with Crippen LogP contribution in [0.1, 0.15) is 25.1 Å². The van der Waals surface area contributed by atoms with Gasteiger partial charge >= 0.3 is 6.03 Å². The summed E-state index contributed by atoms with van der Waals surface area (Å²) >= 11 is 5.95. The van der Waals surface area contributed by atoms with Gasteiger partial charge in [0.05, 0.1) is 36.3 Å². The lowest BCUT2D eigenvalue weighted by atomic mass is 10.2. The Labute approximate surface area is 189 Å². The molecule has 174 valence electrons. The summed E-state index contributed by atoms with van der Waals surface area (Å²) in [4.78, 5) is 18.2. The molecule has 2 aromatic rings. The monoisotopic (exact) mass is 470 g/mol. The Hall–Kier alpha value is -2.79. The van der Waals surface area contributed by atoms with Crippen molar-refractivity contribution in [3.05, 3.63) is 34.6 Å². The van der Waals surface area contributed by atoms with Gasteiger partial charge in [0, 0.05) is 13.1 Å². The number of carbonyl (C=O) groups excluding carboxylic acids is 1. The summed E-state index contributed by atoms with van der Waals surface area (Å²) in [6.45, 7) is 6.81. The van der Waals surface area contributed by atoms with Crippen LogP contribution in [0, 0.1) is 6.92 Å². The first-order valence-corrected chi connectivity index (χ1v) is 10.4. The first-order valence-electron chi connectivity index (χ1n) is 10.1. The number of alkyl halides is 2. The molecule has 12 heteroatoms. The summed E-state index contributed by atoms with van der Waals surface area (Å²) in [5, 5.41) is 13.8. The van der Waals surface area contributed by atoms with E-state index < -0.39 is 19.1 Å². The van der Waals surface area contributed by atoms with Crippen LogP contribution in [0.5, 0.6) is 5.88 Å². The third-order valence-electron chi connectivity index (χ3n) is 4.57. The van der Waals surface area contributed by atoms with Crippen LogP contribution >= 0.6 is 11.6 Å². The van der Waals surface area contributed by atoms with Crippen LogP contribution in [0.3, 0.4) is 0 Å². The van der Waals surface area contributed by atoms with Gasteiger partial charge in [-0.1, -0.05) is 11.6 Å². The normalized spacial score (nSPS) is 18.5. The van der Waals surface area contributed by atoms with E-state index in [0.717, 1.165) is 24.5 Å². The number of aromatic nitrogens is 3. The predicted molar refractivity (Wildman–Crippen MR) is 116 cm³/mol. The molecule has 0 saturated carbocycles. The summed E-state index contributed by atoms with van der Waals surface area (Å²) < 4.78 is 35.0. The number of halogens is 3. The van der Waals surface area contributed by atoms with Crippen LogP contribution in [0.15, 0.2) is 18.3 Å². The number of urea groups is 1. The van der Waals surface area contributed by atoms with E-state index in [1.807, 2.05) is 26.8 Å². The van der Waals surface area contributed by atoms with Gasteiger partial charge in [-0.2, -0.15) is 5.10 Å². The zero-order valence-corrected chi connectivity index (χ0v) is 18.7. The van der Waals surface area contributed by atoms with E-state index in [0.29, 0.717) is 5.69 Å². The van der Waals surface area contributed by atoms with Crippen molar-refractivity contribution in [2.45, 2.75) is 45.9 Å². The van der Waals surface area contributed by atoms with Gasteiger partial charge in [-0.25, -0.2) is 18.6 Å². The molecule has 3 heterocycles. The maximum atomic E-state index is 12.2. The summed E-state index contributed by atoms with van der Waals surface area (Å²) in [6, 6.07) is 2.72. The number of hydrogen-bond donors (Lipinski definition) is 2. The quantitative estimate of drug-likeness (QED) is 0.639. The fraction of sp³-hybridized carbons (Fsp3) is 0.500. The number of carbonyl (C=O) groups is 1. The van der Waals surface area contributed by atoms with Crippen molar-refractivity contribution >= 4 is 29.1 Å². The molecule has 32 heavy (non-hydrogen) atoms. The molecule has 0 aromatic carbocycles. The number of pyridine rings is 1. The molecule has 0 radical (unpaired) electrons. The van der Waals surface area contributed by atoms with E-state index in [9.17, 15) is 13.6 Å². The van der Waals surface area contributed by atoms with Gasteiger partial charge < -0.3 is 25.0 Å². The highest BCUT2D eigenvalue weighted by molar-refractivity contribution is 6.32. The molecule has 3 rings (SSSR count). The largest absolute Gasteiger partial charge is 0.471 e. The molecule has 0 bridgehead atoms. The van der Waals surface area contributed by atoms with Crippen LogP contribution in [0.25, 0.3) is 0 Å². The number of ether oxygens (including phenoxy) is 2. The van der Waals surface area contributed by atoms with Crippen LogP contribution in [-0.2, 0) is 11.3 Å². The van der Waals surface area contributed by atoms with Crippen molar-refractivity contribution < 1.29 is 23.0 Å². The zero-order chi connectivity index (χ0) is 23.3. The van der Waals surface area contributed by atoms with Gasteiger partial charge in [-0.05, 0) is 38.5 Å². The lowest BCUT2D eigenvalue weighted by Crippen LogP contribution is -2.46. The lowest BCUT2D eigenvalue weighted by Gasteiger charge is -2.36. The van der Waals surface area contributed by atoms with E-state index >= 15 is 0 Å². The highest BCUT2D eigenvalue weighted by Crippen LogP contribution is 2.25. The molecule has 2 atom stereocenters. The summed E-state index contributed by atoms with van der Waals surface area (Å²) in [7, 11) is 0. The van der Waals surface area contributed by atoms with Crippen molar-refractivity contribution in [3.63, 3.8) is 0 Å². The maximum Gasteiger partial charge on any atom is 0.319 e. The molecule has 0 aliphatic carbocycles. The predicted octanol–water partition coefficient (Wildman–Crippen LogP) is 3.41. The van der Waals surface area contributed by atoms with Gasteiger partial charge in [-0.15, -0.1) is 5.10 Å². The van der Waals surface area contributed by atoms with Gasteiger partial charge in [0.1, 0.15) is 5.02 Å². The summed E-state index contributed by atoms with van der Waals surface area (Å²) in [5.74, 6) is 0.669. The number of aryl methyl sites for hydroxylation is 1. The topological polar surface area (TPSA) is 102 Å². The van der Waals surface area contributed by atoms with E-state index in [-0.39, 0.29) is 35.3 Å². The SMILES string of the molecule is Cc1cc(CNC(=O)Nc2cnc(OCC(F)F)c(Cl)c2)nnc1N1CC(C)OC(C)C1. The molecule has 2 unspecified atom stereocenters. The summed E-state index contributed by atoms with van der Waals surface area (Å²) in [5.41, 5.74) is 1.83. The molecule has 0 spiro atoms. The van der Waals surface area contributed by atoms with Gasteiger partial charge in [-0.3, -0.25) is 0 Å². The number of amides is 2. The Morgan fingerprint density at radius 1 is 1.31 bits per heavy atom. The second-order valence-electron chi connectivity index (χ2n) is 7.53. The average Bonchev–Trinajstić information content (AvgIpc) is 2.71. The minimum atomic E-state index is -2.64. The van der Waals surface area contributed by atoms with Gasteiger partial charge in [0.25, 0.3) is 6.43 Å². The zero-order valence-electron chi connectivity index (χ0n) is 17.9. The molecule has 1 aliphatic rings. The highest BCUT2D eigenvalue weighted by Gasteiger charge is 2.24. The standard InChI is InChI=1S/C20H25ClF2N6O3/c1-11-4-15(27-28-18(11)29-8-12(2)32-13(3)9-29)7-25-20(30)26-14-5-16(21)19(24-6-14)31-10-17(22)23/h4-6,12-13,17H,7-10H2,1-3H3,(H2,25,26,30). The molecule has 1 fully saturated rings. The fourth-order valence-corrected chi connectivity index (χ4v) is 3.59. The van der Waals surface area contributed by atoms with Crippen LogP contribution < -0.4 is 20.3 Å². The van der Waals surface area contributed by atoms with Crippen LogP contribution in [-0.4, -0.2) is 59.5 Å². The molecule has 9 nitrogen and oxygen atoms in total. The minimum Gasteiger partial charge on any atom is -0.471 e. The number of anilines is 2. The minimum absolute atomic E-state index is 0.00674. The smallest absolute Gasteiger partial charge is 0.319 e. The molecule has 1 aliphatic heterocycles. The second-order valence-corrected chi connectivity index (χ2v) is 7.93. The Morgan fingerprint density at radius 2 is 2.03 bits per heavy atom. The Morgan fingerprint density at radius 3 is 2.66 bits per heavy atom. The van der Waals surface area contributed by atoms with Crippen LogP contribution in [0.2, 0.25) is 5.02 Å².